The molecule has 0 spiro atoms. The average Bonchev–Trinajstić information content (AvgIpc) is 2.32. The van der Waals surface area contributed by atoms with Crippen LogP contribution in [0.2, 0.25) is 0 Å². The largest absolute Gasteiger partial charge is 0.319 e. The van der Waals surface area contributed by atoms with E-state index in [1.54, 1.807) is 0 Å². The minimum atomic E-state index is -0.654. The molecular formula is C15H23NO. The smallest absolute Gasteiger partial charge is 0.156 e. The number of rotatable bonds is 5. The third kappa shape index (κ3) is 3.16. The summed E-state index contributed by atoms with van der Waals surface area (Å²) in [4.78, 5) is 12.2. The first-order chi connectivity index (χ1) is 7.92. The van der Waals surface area contributed by atoms with E-state index in [1.165, 1.54) is 11.1 Å². The van der Waals surface area contributed by atoms with Crippen molar-refractivity contribution in [2.24, 2.45) is 5.73 Å². The fourth-order valence-corrected chi connectivity index (χ4v) is 1.92. The zero-order valence-electron chi connectivity index (χ0n) is 11.3. The molecule has 0 fully saturated rings. The number of carbonyl (C=O) groups is 1. The Morgan fingerprint density at radius 3 is 2.24 bits per heavy atom. The van der Waals surface area contributed by atoms with Crippen LogP contribution in [-0.2, 0) is 11.2 Å². The van der Waals surface area contributed by atoms with Crippen molar-refractivity contribution in [3.63, 3.8) is 0 Å². The summed E-state index contributed by atoms with van der Waals surface area (Å²) in [6.45, 7) is 8.09. The van der Waals surface area contributed by atoms with Gasteiger partial charge in [0.05, 0.1) is 5.54 Å². The second-order valence-corrected chi connectivity index (χ2v) is 4.88. The Morgan fingerprint density at radius 1 is 1.18 bits per heavy atom. The van der Waals surface area contributed by atoms with Crippen LogP contribution < -0.4 is 5.73 Å². The molecule has 2 nitrogen and oxygen atoms in total. The molecule has 0 unspecified atom stereocenters. The third-order valence-electron chi connectivity index (χ3n) is 3.75. The Labute approximate surface area is 104 Å². The number of nitrogens with two attached hydrogens (primary N) is 1. The van der Waals surface area contributed by atoms with Crippen LogP contribution >= 0.6 is 0 Å². The van der Waals surface area contributed by atoms with Gasteiger partial charge in [0.1, 0.15) is 0 Å². The number of hydrogen-bond donors (Lipinski definition) is 1. The summed E-state index contributed by atoms with van der Waals surface area (Å²) in [5.41, 5.74) is 9.00. The molecule has 0 atom stereocenters. The molecule has 94 valence electrons. The lowest BCUT2D eigenvalue weighted by Gasteiger charge is -2.25. The van der Waals surface area contributed by atoms with Gasteiger partial charge >= 0.3 is 0 Å². The third-order valence-corrected chi connectivity index (χ3v) is 3.75. The maximum atomic E-state index is 12.2. The van der Waals surface area contributed by atoms with E-state index in [-0.39, 0.29) is 5.78 Å². The molecule has 0 aliphatic rings. The zero-order valence-corrected chi connectivity index (χ0v) is 11.3. The maximum Gasteiger partial charge on any atom is 0.156 e. The molecule has 2 N–H and O–H groups in total. The number of carbonyl (C=O) groups excluding carboxylic acids is 1. The molecule has 0 aliphatic carbocycles. The van der Waals surface area contributed by atoms with Gasteiger partial charge in [0.15, 0.2) is 5.78 Å². The normalized spacial score (nSPS) is 11.6. The molecule has 0 saturated carbocycles. The summed E-state index contributed by atoms with van der Waals surface area (Å²) in [5.74, 6) is 0.144. The van der Waals surface area contributed by atoms with E-state index in [4.69, 9.17) is 5.73 Å². The van der Waals surface area contributed by atoms with Crippen molar-refractivity contribution in [1.29, 1.82) is 0 Å². The van der Waals surface area contributed by atoms with Crippen molar-refractivity contribution < 1.29 is 4.79 Å². The van der Waals surface area contributed by atoms with E-state index in [2.05, 4.69) is 26.0 Å². The van der Waals surface area contributed by atoms with Gasteiger partial charge in [0.2, 0.25) is 0 Å². The Balaban J connectivity index is 2.84. The van der Waals surface area contributed by atoms with Crippen LogP contribution in [0.5, 0.6) is 0 Å². The summed E-state index contributed by atoms with van der Waals surface area (Å²) >= 11 is 0. The highest BCUT2D eigenvalue weighted by Crippen LogP contribution is 2.17. The standard InChI is InChI=1S/C15H23NO/c1-5-15(16,6-2)14(17)10-13-8-7-11(3)12(4)9-13/h7-9H,5-6,10,16H2,1-4H3. The zero-order chi connectivity index (χ0) is 13.1. The first kappa shape index (κ1) is 13.9. The Hall–Kier alpha value is -1.15. The Kier molecular flexibility index (Phi) is 4.47. The molecule has 2 heteroatoms. The number of hydrogen-bond acceptors (Lipinski definition) is 2. The van der Waals surface area contributed by atoms with Crippen molar-refractivity contribution in [3.8, 4) is 0 Å². The predicted octanol–water partition coefficient (Wildman–Crippen LogP) is 2.93. The number of ketones is 1. The summed E-state index contributed by atoms with van der Waals surface area (Å²) in [7, 11) is 0. The van der Waals surface area contributed by atoms with Crippen LogP contribution in [0.25, 0.3) is 0 Å². The molecule has 0 heterocycles. The molecule has 0 amide bonds. The van der Waals surface area contributed by atoms with E-state index < -0.39 is 5.54 Å². The van der Waals surface area contributed by atoms with Crippen molar-refractivity contribution in [2.45, 2.75) is 52.5 Å². The number of aryl methyl sites for hydroxylation is 2. The van der Waals surface area contributed by atoms with Gasteiger partial charge < -0.3 is 5.73 Å². The van der Waals surface area contributed by atoms with Crippen LogP contribution in [0.15, 0.2) is 18.2 Å². The minimum Gasteiger partial charge on any atom is -0.319 e. The van der Waals surface area contributed by atoms with Gasteiger partial charge in [0.25, 0.3) is 0 Å². The molecule has 0 aliphatic heterocycles. The van der Waals surface area contributed by atoms with Crippen LogP contribution in [0.4, 0.5) is 0 Å². The molecule has 1 aromatic carbocycles. The van der Waals surface area contributed by atoms with E-state index >= 15 is 0 Å². The van der Waals surface area contributed by atoms with Crippen molar-refractivity contribution >= 4 is 5.78 Å². The first-order valence-electron chi connectivity index (χ1n) is 6.31. The summed E-state index contributed by atoms with van der Waals surface area (Å²) in [6, 6.07) is 6.17. The van der Waals surface area contributed by atoms with Crippen molar-refractivity contribution in [1.82, 2.24) is 0 Å². The molecule has 0 radical (unpaired) electrons. The lowest BCUT2D eigenvalue weighted by molar-refractivity contribution is -0.123. The van der Waals surface area contributed by atoms with Gasteiger partial charge in [-0.05, 0) is 43.4 Å². The SMILES string of the molecule is CCC(N)(CC)C(=O)Cc1ccc(C)c(C)c1. The van der Waals surface area contributed by atoms with Gasteiger partial charge in [-0.2, -0.15) is 0 Å². The van der Waals surface area contributed by atoms with Crippen molar-refractivity contribution in [3.05, 3.63) is 34.9 Å². The molecule has 1 rings (SSSR count). The second-order valence-electron chi connectivity index (χ2n) is 4.88. The molecule has 0 saturated heterocycles. The Bertz CT molecular complexity index is 405. The fraction of sp³-hybridized carbons (Fsp3) is 0.533. The predicted molar refractivity (Wildman–Crippen MR) is 72.1 cm³/mol. The van der Waals surface area contributed by atoms with Gasteiger partial charge in [-0.25, -0.2) is 0 Å². The molecule has 17 heavy (non-hydrogen) atoms. The number of benzene rings is 1. The lowest BCUT2D eigenvalue weighted by Crippen LogP contribution is -2.47. The molecule has 0 aromatic heterocycles. The minimum absolute atomic E-state index is 0.144. The van der Waals surface area contributed by atoms with E-state index in [1.807, 2.05) is 19.9 Å². The fourth-order valence-electron chi connectivity index (χ4n) is 1.92. The van der Waals surface area contributed by atoms with Gasteiger partial charge in [-0.3, -0.25) is 4.79 Å². The van der Waals surface area contributed by atoms with E-state index in [0.717, 1.165) is 5.56 Å². The topological polar surface area (TPSA) is 43.1 Å². The van der Waals surface area contributed by atoms with Gasteiger partial charge in [-0.15, -0.1) is 0 Å². The van der Waals surface area contributed by atoms with Crippen LogP contribution in [0, 0.1) is 13.8 Å². The average molecular weight is 233 g/mol. The summed E-state index contributed by atoms with van der Waals surface area (Å²) in [5, 5.41) is 0. The monoisotopic (exact) mass is 233 g/mol. The summed E-state index contributed by atoms with van der Waals surface area (Å²) in [6.07, 6.45) is 1.85. The highest BCUT2D eigenvalue weighted by atomic mass is 16.1. The van der Waals surface area contributed by atoms with E-state index in [9.17, 15) is 4.79 Å². The van der Waals surface area contributed by atoms with Gasteiger partial charge in [-0.1, -0.05) is 32.0 Å². The van der Waals surface area contributed by atoms with Crippen LogP contribution in [0.1, 0.15) is 43.4 Å². The van der Waals surface area contributed by atoms with Crippen molar-refractivity contribution in [2.75, 3.05) is 0 Å². The van der Waals surface area contributed by atoms with E-state index in [0.29, 0.717) is 19.3 Å². The van der Waals surface area contributed by atoms with Gasteiger partial charge in [0, 0.05) is 6.42 Å². The molecular weight excluding hydrogens is 210 g/mol. The second kappa shape index (κ2) is 5.46. The quantitative estimate of drug-likeness (QED) is 0.849. The highest BCUT2D eigenvalue weighted by molar-refractivity contribution is 5.89. The lowest BCUT2D eigenvalue weighted by atomic mass is 9.85. The molecule has 0 bridgehead atoms. The Morgan fingerprint density at radius 2 is 1.76 bits per heavy atom. The first-order valence-corrected chi connectivity index (χ1v) is 6.31. The number of Topliss-reactive ketones (excluding diaryl/α,β-unsaturated/α-hetero) is 1. The van der Waals surface area contributed by atoms with Crippen LogP contribution in [-0.4, -0.2) is 11.3 Å². The summed E-state index contributed by atoms with van der Waals surface area (Å²) < 4.78 is 0. The van der Waals surface area contributed by atoms with Crippen LogP contribution in [0.3, 0.4) is 0 Å². The molecule has 1 aromatic rings. The maximum absolute atomic E-state index is 12.2. The highest BCUT2D eigenvalue weighted by Gasteiger charge is 2.29.